The molecule has 2 aromatic rings. The number of hydrogen-bond donors (Lipinski definition) is 0. The van der Waals surface area contributed by atoms with E-state index in [1.165, 1.54) is 6.07 Å². The molecule has 3 nitrogen and oxygen atoms in total. The second-order valence-electron chi connectivity index (χ2n) is 4.70. The maximum atomic E-state index is 13.6. The summed E-state index contributed by atoms with van der Waals surface area (Å²) in [5, 5.41) is 0. The summed E-state index contributed by atoms with van der Waals surface area (Å²) in [5.74, 6) is 1.34. The standard InChI is InChI=1S/C14H12BrFN2O/c1-8-2-5-10(16)11(6-8)19-13-7-12(15)17-14(18-13)9-3-4-9/h2,5-7,9H,3-4H2,1H3. The molecule has 1 saturated carbocycles. The SMILES string of the molecule is Cc1ccc(F)c(Oc2cc(Br)nc(C3CC3)n2)c1. The van der Waals surface area contributed by atoms with Gasteiger partial charge in [0.2, 0.25) is 5.88 Å². The Morgan fingerprint density at radius 2 is 2.05 bits per heavy atom. The molecule has 0 aliphatic heterocycles. The van der Waals surface area contributed by atoms with Gasteiger partial charge in [0.25, 0.3) is 0 Å². The van der Waals surface area contributed by atoms with Crippen molar-refractivity contribution in [2.24, 2.45) is 0 Å². The van der Waals surface area contributed by atoms with Crippen LogP contribution in [0.25, 0.3) is 0 Å². The number of aromatic nitrogens is 2. The van der Waals surface area contributed by atoms with Crippen LogP contribution in [-0.2, 0) is 0 Å². The average molecular weight is 323 g/mol. The quantitative estimate of drug-likeness (QED) is 0.788. The lowest BCUT2D eigenvalue weighted by atomic mass is 10.2. The van der Waals surface area contributed by atoms with E-state index in [0.29, 0.717) is 16.4 Å². The van der Waals surface area contributed by atoms with Gasteiger partial charge in [0, 0.05) is 12.0 Å². The van der Waals surface area contributed by atoms with Gasteiger partial charge in [-0.15, -0.1) is 0 Å². The summed E-state index contributed by atoms with van der Waals surface area (Å²) in [4.78, 5) is 8.64. The van der Waals surface area contributed by atoms with Gasteiger partial charge >= 0.3 is 0 Å². The number of hydrogen-bond acceptors (Lipinski definition) is 3. The maximum Gasteiger partial charge on any atom is 0.223 e. The molecule has 19 heavy (non-hydrogen) atoms. The molecule has 0 unspecified atom stereocenters. The molecule has 0 atom stereocenters. The van der Waals surface area contributed by atoms with Crippen molar-refractivity contribution in [2.75, 3.05) is 0 Å². The molecule has 5 heteroatoms. The Morgan fingerprint density at radius 1 is 1.26 bits per heavy atom. The van der Waals surface area contributed by atoms with E-state index in [1.54, 1.807) is 18.2 Å². The molecule has 0 saturated heterocycles. The van der Waals surface area contributed by atoms with Crippen molar-refractivity contribution in [1.29, 1.82) is 0 Å². The minimum Gasteiger partial charge on any atom is -0.436 e. The molecule has 0 radical (unpaired) electrons. The Balaban J connectivity index is 1.92. The number of aryl methyl sites for hydroxylation is 1. The first-order valence-corrected chi connectivity index (χ1v) is 6.89. The molecular weight excluding hydrogens is 311 g/mol. The molecule has 0 amide bonds. The van der Waals surface area contributed by atoms with Crippen molar-refractivity contribution in [1.82, 2.24) is 9.97 Å². The van der Waals surface area contributed by atoms with Crippen LogP contribution in [0.2, 0.25) is 0 Å². The molecule has 98 valence electrons. The number of rotatable bonds is 3. The van der Waals surface area contributed by atoms with Gasteiger partial charge in [-0.2, -0.15) is 4.98 Å². The lowest BCUT2D eigenvalue weighted by molar-refractivity contribution is 0.423. The zero-order valence-corrected chi connectivity index (χ0v) is 11.9. The van der Waals surface area contributed by atoms with E-state index in [0.717, 1.165) is 24.2 Å². The van der Waals surface area contributed by atoms with E-state index in [-0.39, 0.29) is 5.75 Å². The molecule has 0 N–H and O–H groups in total. The van der Waals surface area contributed by atoms with E-state index < -0.39 is 5.82 Å². The highest BCUT2D eigenvalue weighted by molar-refractivity contribution is 9.10. The molecular formula is C14H12BrFN2O. The van der Waals surface area contributed by atoms with E-state index in [2.05, 4.69) is 25.9 Å². The predicted molar refractivity (Wildman–Crippen MR) is 72.9 cm³/mol. The van der Waals surface area contributed by atoms with Crippen molar-refractivity contribution in [3.63, 3.8) is 0 Å². The fraction of sp³-hybridized carbons (Fsp3) is 0.286. The second-order valence-corrected chi connectivity index (χ2v) is 5.51. The van der Waals surface area contributed by atoms with Gasteiger partial charge in [0.05, 0.1) is 0 Å². The zero-order chi connectivity index (χ0) is 13.4. The van der Waals surface area contributed by atoms with E-state index in [9.17, 15) is 4.39 Å². The summed E-state index contributed by atoms with van der Waals surface area (Å²) in [5.41, 5.74) is 0.937. The van der Waals surface area contributed by atoms with Gasteiger partial charge in [-0.05, 0) is 53.4 Å². The first-order valence-electron chi connectivity index (χ1n) is 6.10. The summed E-state index contributed by atoms with van der Waals surface area (Å²) < 4.78 is 19.8. The second kappa shape index (κ2) is 4.89. The first kappa shape index (κ1) is 12.5. The normalized spacial score (nSPS) is 14.5. The Morgan fingerprint density at radius 3 is 2.79 bits per heavy atom. The van der Waals surface area contributed by atoms with E-state index >= 15 is 0 Å². The third-order valence-electron chi connectivity index (χ3n) is 2.93. The topological polar surface area (TPSA) is 35.0 Å². The number of benzene rings is 1. The van der Waals surface area contributed by atoms with Crippen LogP contribution < -0.4 is 4.74 Å². The summed E-state index contributed by atoms with van der Waals surface area (Å²) >= 11 is 3.33. The molecule has 1 aliphatic carbocycles. The minimum absolute atomic E-state index is 0.187. The first-order chi connectivity index (χ1) is 9.11. The molecule has 0 bridgehead atoms. The van der Waals surface area contributed by atoms with E-state index in [4.69, 9.17) is 4.74 Å². The van der Waals surface area contributed by atoms with Gasteiger partial charge < -0.3 is 4.74 Å². The smallest absolute Gasteiger partial charge is 0.223 e. The molecule has 3 rings (SSSR count). The maximum absolute atomic E-state index is 13.6. The number of halogens is 2. The highest BCUT2D eigenvalue weighted by atomic mass is 79.9. The predicted octanol–water partition coefficient (Wildman–Crippen LogP) is 4.36. The van der Waals surface area contributed by atoms with Crippen LogP contribution >= 0.6 is 15.9 Å². The van der Waals surface area contributed by atoms with Gasteiger partial charge in [-0.1, -0.05) is 6.07 Å². The highest BCUT2D eigenvalue weighted by Crippen LogP contribution is 2.39. The van der Waals surface area contributed by atoms with Crippen LogP contribution in [0.4, 0.5) is 4.39 Å². The molecule has 1 aromatic carbocycles. The van der Waals surface area contributed by atoms with Crippen LogP contribution in [-0.4, -0.2) is 9.97 Å². The Bertz CT molecular complexity index is 629. The van der Waals surface area contributed by atoms with Crippen LogP contribution in [0.15, 0.2) is 28.9 Å². The summed E-state index contributed by atoms with van der Waals surface area (Å²) in [7, 11) is 0. The van der Waals surface area contributed by atoms with Crippen molar-refractivity contribution in [3.8, 4) is 11.6 Å². The highest BCUT2D eigenvalue weighted by Gasteiger charge is 2.27. The third kappa shape index (κ3) is 2.92. The largest absolute Gasteiger partial charge is 0.436 e. The molecule has 1 aromatic heterocycles. The Labute approximate surface area is 119 Å². The molecule has 1 fully saturated rings. The van der Waals surface area contributed by atoms with Crippen molar-refractivity contribution < 1.29 is 9.13 Å². The van der Waals surface area contributed by atoms with Gasteiger partial charge in [-0.25, -0.2) is 9.37 Å². The number of ether oxygens (including phenoxy) is 1. The molecule has 0 spiro atoms. The van der Waals surface area contributed by atoms with E-state index in [1.807, 2.05) is 6.92 Å². The molecule has 1 aliphatic rings. The average Bonchev–Trinajstić information content (AvgIpc) is 3.17. The van der Waals surface area contributed by atoms with Gasteiger partial charge in [-0.3, -0.25) is 0 Å². The fourth-order valence-electron chi connectivity index (χ4n) is 1.79. The fourth-order valence-corrected chi connectivity index (χ4v) is 2.17. The summed E-state index contributed by atoms with van der Waals surface area (Å²) in [6, 6.07) is 6.40. The lowest BCUT2D eigenvalue weighted by Crippen LogP contribution is -1.97. The minimum atomic E-state index is -0.395. The van der Waals surface area contributed by atoms with Crippen molar-refractivity contribution in [3.05, 3.63) is 46.1 Å². The lowest BCUT2D eigenvalue weighted by Gasteiger charge is -2.08. The van der Waals surface area contributed by atoms with Crippen LogP contribution in [0.1, 0.15) is 30.1 Å². The summed E-state index contributed by atoms with van der Waals surface area (Å²) in [6.45, 7) is 1.89. The monoisotopic (exact) mass is 322 g/mol. The van der Waals surface area contributed by atoms with Crippen molar-refractivity contribution in [2.45, 2.75) is 25.7 Å². The van der Waals surface area contributed by atoms with Gasteiger partial charge in [0.15, 0.2) is 11.6 Å². The van der Waals surface area contributed by atoms with Crippen LogP contribution in [0.3, 0.4) is 0 Å². The summed E-state index contributed by atoms with van der Waals surface area (Å²) in [6.07, 6.45) is 2.21. The van der Waals surface area contributed by atoms with Gasteiger partial charge in [0.1, 0.15) is 10.4 Å². The van der Waals surface area contributed by atoms with Crippen LogP contribution in [0, 0.1) is 12.7 Å². The Hall–Kier alpha value is -1.49. The van der Waals surface area contributed by atoms with Crippen LogP contribution in [0.5, 0.6) is 11.6 Å². The zero-order valence-electron chi connectivity index (χ0n) is 10.4. The van der Waals surface area contributed by atoms with Crippen molar-refractivity contribution >= 4 is 15.9 Å². The number of nitrogens with zero attached hydrogens (tertiary/aromatic N) is 2. The molecule has 1 heterocycles. The Kier molecular flexibility index (Phi) is 3.22. The third-order valence-corrected chi connectivity index (χ3v) is 3.34.